The second-order valence-electron chi connectivity index (χ2n) is 19.8. The summed E-state index contributed by atoms with van der Waals surface area (Å²) in [7, 11) is 0. The van der Waals surface area contributed by atoms with Crippen molar-refractivity contribution in [3.8, 4) is 11.5 Å². The Morgan fingerprint density at radius 3 is 2.30 bits per heavy atom. The van der Waals surface area contributed by atoms with Crippen LogP contribution >= 0.6 is 0 Å². The van der Waals surface area contributed by atoms with E-state index in [-0.39, 0.29) is 67.4 Å². The maximum atomic E-state index is 14.2. The summed E-state index contributed by atoms with van der Waals surface area (Å²) in [5.41, 5.74) is 2.00. The van der Waals surface area contributed by atoms with Gasteiger partial charge in [-0.25, -0.2) is 0 Å². The number of phenolic OH excluding ortho intramolecular Hbond substituents is 1. The van der Waals surface area contributed by atoms with Crippen molar-refractivity contribution >= 4 is 22.7 Å². The average molecular weight is 729 g/mol. The molecular weight excluding hydrogens is 668 g/mol. The number of aryl methyl sites for hydroxylation is 1. The highest BCUT2D eigenvalue weighted by Crippen LogP contribution is 2.75. The third-order valence-electron chi connectivity index (χ3n) is 16.4. The van der Waals surface area contributed by atoms with Gasteiger partial charge in [0.1, 0.15) is 34.8 Å². The van der Waals surface area contributed by atoms with Crippen LogP contribution in [0, 0.1) is 57.2 Å². The number of hydrogen-bond acceptors (Lipinski definition) is 7. The van der Waals surface area contributed by atoms with Gasteiger partial charge in [0.2, 0.25) is 0 Å². The van der Waals surface area contributed by atoms with Crippen molar-refractivity contribution in [1.29, 1.82) is 0 Å². The van der Waals surface area contributed by atoms with Crippen molar-refractivity contribution in [2.24, 2.45) is 50.2 Å². The van der Waals surface area contributed by atoms with Crippen molar-refractivity contribution in [2.45, 2.75) is 133 Å². The van der Waals surface area contributed by atoms with Gasteiger partial charge in [0.15, 0.2) is 11.2 Å². The van der Waals surface area contributed by atoms with E-state index in [1.54, 1.807) is 13.0 Å². The molecule has 4 fully saturated rings. The number of fused-ring (bicyclic) bond motifs is 9. The molecule has 1 aromatic carbocycles. The van der Waals surface area contributed by atoms with Crippen LogP contribution in [-0.4, -0.2) is 39.8 Å². The molecule has 3 N–H and O–H groups in total. The average Bonchev–Trinajstić information content (AvgIpc) is 3.26. The van der Waals surface area contributed by atoms with E-state index in [1.807, 2.05) is 26.0 Å². The number of aliphatic hydroxyl groups is 1. The summed E-state index contributed by atoms with van der Waals surface area (Å²) in [6.07, 6.45) is 12.5. The van der Waals surface area contributed by atoms with Gasteiger partial charge in [0.25, 0.3) is 0 Å². The van der Waals surface area contributed by atoms with Crippen LogP contribution < -0.4 is 10.2 Å². The largest absolute Gasteiger partial charge is 0.507 e. The van der Waals surface area contributed by atoms with E-state index in [4.69, 9.17) is 9.15 Å². The van der Waals surface area contributed by atoms with E-state index >= 15 is 0 Å². The highest BCUT2D eigenvalue weighted by molar-refractivity contribution is 5.96. The molecule has 9 atom stereocenters. The Bertz CT molecular complexity index is 2000. The number of benzene rings is 1. The van der Waals surface area contributed by atoms with Gasteiger partial charge in [-0.05, 0) is 136 Å². The number of ketones is 1. The van der Waals surface area contributed by atoms with E-state index in [0.717, 1.165) is 56.9 Å². The smallest absolute Gasteiger partial charge is 0.309 e. The summed E-state index contributed by atoms with van der Waals surface area (Å²) in [6, 6.07) is 3.07. The molecule has 8 nitrogen and oxygen atoms in total. The standard InChI is InChI=1S/C30H46O4.C15H14O4/c1-25(2)21-8-11-30(7)23(28(21,5)10-9-22(25)32)20(31)16-18-19-17-27(4,24(33)34)13-12-26(19,3)14-15-29(18,30)6;1-8-3-4-10-12(18-7-8)6-13-14(15(10)17)11(16)5-9(2)19-13/h16,19,21-23,32H,8-15,17H2,1-7H3,(H,33,34);3,5-6,17H,4,7H2,1-2H3. The van der Waals surface area contributed by atoms with Gasteiger partial charge in [0, 0.05) is 23.6 Å². The van der Waals surface area contributed by atoms with Crippen LogP contribution in [0.2, 0.25) is 0 Å². The first-order valence-corrected chi connectivity index (χ1v) is 19.9. The van der Waals surface area contributed by atoms with Gasteiger partial charge in [-0.2, -0.15) is 0 Å². The lowest BCUT2D eigenvalue weighted by Crippen LogP contribution is -2.66. The molecule has 2 aromatic rings. The van der Waals surface area contributed by atoms with Crippen LogP contribution in [0.5, 0.6) is 11.5 Å². The van der Waals surface area contributed by atoms with E-state index in [1.165, 1.54) is 11.6 Å². The molecule has 0 saturated heterocycles. The summed E-state index contributed by atoms with van der Waals surface area (Å²) in [4.78, 5) is 38.4. The van der Waals surface area contributed by atoms with Gasteiger partial charge in [-0.1, -0.05) is 53.2 Å². The quantitative estimate of drug-likeness (QED) is 0.248. The molecule has 5 aliphatic carbocycles. The maximum Gasteiger partial charge on any atom is 0.309 e. The number of aromatic hydroxyl groups is 1. The van der Waals surface area contributed by atoms with E-state index in [0.29, 0.717) is 48.0 Å². The predicted molar refractivity (Wildman–Crippen MR) is 205 cm³/mol. The first kappa shape index (κ1) is 37.9. The molecule has 1 aliphatic heterocycles. The van der Waals surface area contributed by atoms with E-state index in [9.17, 15) is 29.7 Å². The minimum atomic E-state index is -0.711. The number of carboxylic acids is 1. The fraction of sp³-hybridized carbons (Fsp3) is 0.667. The fourth-order valence-corrected chi connectivity index (χ4v) is 12.7. The molecule has 0 bridgehead atoms. The van der Waals surface area contributed by atoms with Crippen molar-refractivity contribution in [3.05, 3.63) is 57.0 Å². The number of hydrogen-bond donors (Lipinski definition) is 3. The van der Waals surface area contributed by atoms with E-state index in [2.05, 4.69) is 41.5 Å². The molecule has 2 heterocycles. The third-order valence-corrected chi connectivity index (χ3v) is 16.4. The molecule has 8 heteroatoms. The summed E-state index contributed by atoms with van der Waals surface area (Å²) < 4.78 is 11.1. The van der Waals surface area contributed by atoms with Gasteiger partial charge in [-0.3, -0.25) is 14.4 Å². The SMILES string of the molecule is CC1(C(=O)O)CCC2(C)CCC3(C)C(=CC(=O)C4C5(C)CCC(O)C(C)(C)C5CCC43C)C2C1.CC1=CCc2c(cc3oc(C)cc(=O)c3c2O)OC1. The van der Waals surface area contributed by atoms with Gasteiger partial charge in [0.05, 0.1) is 11.5 Å². The van der Waals surface area contributed by atoms with Crippen LogP contribution in [-0.2, 0) is 16.0 Å². The second kappa shape index (κ2) is 12.3. The van der Waals surface area contributed by atoms with Gasteiger partial charge >= 0.3 is 5.97 Å². The number of aliphatic carboxylic acids is 1. The normalized spacial score (nSPS) is 39.9. The Morgan fingerprint density at radius 2 is 1.60 bits per heavy atom. The maximum absolute atomic E-state index is 14.2. The van der Waals surface area contributed by atoms with Crippen molar-refractivity contribution in [1.82, 2.24) is 0 Å². The summed E-state index contributed by atoms with van der Waals surface area (Å²) in [6.45, 7) is 20.0. The van der Waals surface area contributed by atoms with Gasteiger partial charge in [-0.15, -0.1) is 0 Å². The number of carbonyl (C=O) groups is 2. The summed E-state index contributed by atoms with van der Waals surface area (Å²) >= 11 is 0. The van der Waals surface area contributed by atoms with Crippen molar-refractivity contribution < 1.29 is 34.1 Å². The zero-order valence-electron chi connectivity index (χ0n) is 33.3. The summed E-state index contributed by atoms with van der Waals surface area (Å²) in [5, 5.41) is 31.4. The number of phenols is 1. The second-order valence-corrected chi connectivity index (χ2v) is 19.8. The minimum Gasteiger partial charge on any atom is -0.507 e. The number of rotatable bonds is 1. The molecule has 0 radical (unpaired) electrons. The Morgan fingerprint density at radius 1 is 0.906 bits per heavy atom. The number of ether oxygens (including phenoxy) is 1. The zero-order valence-corrected chi connectivity index (χ0v) is 33.3. The monoisotopic (exact) mass is 728 g/mol. The number of aliphatic hydroxyl groups excluding tert-OH is 1. The minimum absolute atomic E-state index is 0.0296. The van der Waals surface area contributed by atoms with Crippen molar-refractivity contribution in [3.63, 3.8) is 0 Å². The molecule has 6 aliphatic rings. The lowest BCUT2D eigenvalue weighted by Gasteiger charge is -2.70. The fourth-order valence-electron chi connectivity index (χ4n) is 12.7. The lowest BCUT2D eigenvalue weighted by molar-refractivity contribution is -0.202. The Balaban J connectivity index is 0.000000193. The Hall–Kier alpha value is -3.39. The Kier molecular flexibility index (Phi) is 8.80. The molecule has 53 heavy (non-hydrogen) atoms. The highest BCUT2D eigenvalue weighted by atomic mass is 16.5. The van der Waals surface area contributed by atoms with Crippen LogP contribution in [0.1, 0.15) is 125 Å². The lowest BCUT2D eigenvalue weighted by atomic mass is 9.33. The number of carboxylic acid groups (broad SMARTS) is 1. The molecule has 0 spiro atoms. The van der Waals surface area contributed by atoms with Crippen molar-refractivity contribution in [2.75, 3.05) is 6.61 Å². The van der Waals surface area contributed by atoms with Crippen LogP contribution in [0.3, 0.4) is 0 Å². The first-order valence-electron chi connectivity index (χ1n) is 19.9. The molecule has 0 amide bonds. The molecule has 4 saturated carbocycles. The molecule has 288 valence electrons. The highest BCUT2D eigenvalue weighted by Gasteiger charge is 2.70. The van der Waals surface area contributed by atoms with Crippen LogP contribution in [0.15, 0.2) is 44.6 Å². The summed E-state index contributed by atoms with van der Waals surface area (Å²) in [5.74, 6) is 1.11. The molecule has 9 unspecified atom stereocenters. The molecular formula is C45H60O8. The molecule has 8 rings (SSSR count). The van der Waals surface area contributed by atoms with E-state index < -0.39 is 11.4 Å². The third kappa shape index (κ3) is 5.50. The van der Waals surface area contributed by atoms with Gasteiger partial charge < -0.3 is 24.5 Å². The zero-order chi connectivity index (χ0) is 38.7. The number of carbonyl (C=O) groups excluding carboxylic acids is 1. The van der Waals surface area contributed by atoms with Crippen LogP contribution in [0.25, 0.3) is 11.0 Å². The topological polar surface area (TPSA) is 134 Å². The predicted octanol–water partition coefficient (Wildman–Crippen LogP) is 9.10. The Labute approximate surface area is 314 Å². The first-order chi connectivity index (χ1) is 24.6. The molecule has 1 aromatic heterocycles. The number of allylic oxidation sites excluding steroid dienone is 3. The van der Waals surface area contributed by atoms with Crippen LogP contribution in [0.4, 0.5) is 0 Å².